The average Bonchev–Trinajstić information content (AvgIpc) is 2.46. The SMILES string of the molecule is CCCC1NC(C)C(=O)N1CC(C)C(C)C. The lowest BCUT2D eigenvalue weighted by Gasteiger charge is -2.28. The van der Waals surface area contributed by atoms with E-state index >= 15 is 0 Å². The Morgan fingerprint density at radius 2 is 2.00 bits per heavy atom. The second-order valence-corrected chi connectivity index (χ2v) is 5.40. The second-order valence-electron chi connectivity index (χ2n) is 5.40. The summed E-state index contributed by atoms with van der Waals surface area (Å²) in [6.07, 6.45) is 2.43. The standard InChI is InChI=1S/C13H26N2O/c1-6-7-12-14-11(5)13(16)15(12)8-10(4)9(2)3/h9-12,14H,6-8H2,1-5H3. The molecule has 0 aromatic carbocycles. The van der Waals surface area contributed by atoms with Crippen molar-refractivity contribution in [2.45, 2.75) is 59.7 Å². The monoisotopic (exact) mass is 226 g/mol. The maximum absolute atomic E-state index is 12.0. The molecule has 1 saturated heterocycles. The molecule has 0 aliphatic carbocycles. The quantitative estimate of drug-likeness (QED) is 0.779. The first kappa shape index (κ1) is 13.5. The smallest absolute Gasteiger partial charge is 0.240 e. The van der Waals surface area contributed by atoms with E-state index < -0.39 is 0 Å². The number of hydrogen-bond donors (Lipinski definition) is 1. The van der Waals surface area contributed by atoms with Crippen LogP contribution in [0.4, 0.5) is 0 Å². The predicted octanol–water partition coefficient (Wildman–Crippen LogP) is 2.22. The van der Waals surface area contributed by atoms with Crippen molar-refractivity contribution in [3.05, 3.63) is 0 Å². The molecule has 1 fully saturated rings. The summed E-state index contributed by atoms with van der Waals surface area (Å²) in [6, 6.07) is -0.00378. The minimum Gasteiger partial charge on any atom is -0.326 e. The lowest BCUT2D eigenvalue weighted by atomic mass is 9.97. The molecule has 1 aliphatic rings. The van der Waals surface area contributed by atoms with Crippen molar-refractivity contribution in [3.63, 3.8) is 0 Å². The van der Waals surface area contributed by atoms with Crippen LogP contribution in [0.2, 0.25) is 0 Å². The molecule has 0 aromatic rings. The van der Waals surface area contributed by atoms with Crippen LogP contribution < -0.4 is 5.32 Å². The van der Waals surface area contributed by atoms with Crippen molar-refractivity contribution >= 4 is 5.91 Å². The Morgan fingerprint density at radius 1 is 1.38 bits per heavy atom. The number of rotatable bonds is 5. The van der Waals surface area contributed by atoms with Gasteiger partial charge in [-0.15, -0.1) is 0 Å². The van der Waals surface area contributed by atoms with Crippen LogP contribution in [0.3, 0.4) is 0 Å². The summed E-state index contributed by atoms with van der Waals surface area (Å²) >= 11 is 0. The van der Waals surface area contributed by atoms with Crippen LogP contribution in [0.25, 0.3) is 0 Å². The number of nitrogens with one attached hydrogen (secondary N) is 1. The lowest BCUT2D eigenvalue weighted by molar-refractivity contribution is -0.130. The maximum atomic E-state index is 12.0. The molecule has 16 heavy (non-hydrogen) atoms. The van der Waals surface area contributed by atoms with Gasteiger partial charge >= 0.3 is 0 Å². The highest BCUT2D eigenvalue weighted by Gasteiger charge is 2.36. The fraction of sp³-hybridized carbons (Fsp3) is 0.923. The lowest BCUT2D eigenvalue weighted by Crippen LogP contribution is -2.40. The van der Waals surface area contributed by atoms with Crippen LogP contribution in [0.1, 0.15) is 47.5 Å². The molecule has 3 heteroatoms. The zero-order valence-corrected chi connectivity index (χ0v) is 11.3. The normalized spacial score (nSPS) is 27.9. The molecule has 0 radical (unpaired) electrons. The van der Waals surface area contributed by atoms with Gasteiger partial charge in [-0.3, -0.25) is 10.1 Å². The zero-order valence-electron chi connectivity index (χ0n) is 11.3. The first-order valence-corrected chi connectivity index (χ1v) is 6.53. The molecule has 1 amide bonds. The largest absolute Gasteiger partial charge is 0.326 e. The molecule has 1 N–H and O–H groups in total. The van der Waals surface area contributed by atoms with E-state index in [1.54, 1.807) is 0 Å². The van der Waals surface area contributed by atoms with E-state index in [4.69, 9.17) is 0 Å². The Bertz CT molecular complexity index is 240. The maximum Gasteiger partial charge on any atom is 0.240 e. The van der Waals surface area contributed by atoms with E-state index in [1.165, 1.54) is 0 Å². The number of carbonyl (C=O) groups excluding carboxylic acids is 1. The second kappa shape index (κ2) is 5.67. The van der Waals surface area contributed by atoms with Crippen LogP contribution >= 0.6 is 0 Å². The number of amides is 1. The Hall–Kier alpha value is -0.570. The van der Waals surface area contributed by atoms with Crippen molar-refractivity contribution < 1.29 is 4.79 Å². The summed E-state index contributed by atoms with van der Waals surface area (Å²) in [5.41, 5.74) is 0. The highest BCUT2D eigenvalue weighted by atomic mass is 16.2. The van der Waals surface area contributed by atoms with E-state index in [-0.39, 0.29) is 18.1 Å². The van der Waals surface area contributed by atoms with E-state index in [1.807, 2.05) is 11.8 Å². The molecule has 0 saturated carbocycles. The van der Waals surface area contributed by atoms with Gasteiger partial charge in [-0.25, -0.2) is 0 Å². The fourth-order valence-corrected chi connectivity index (χ4v) is 2.10. The molecule has 1 rings (SSSR count). The highest BCUT2D eigenvalue weighted by molar-refractivity contribution is 5.83. The molecule has 3 atom stereocenters. The van der Waals surface area contributed by atoms with Crippen molar-refractivity contribution in [3.8, 4) is 0 Å². The molecular formula is C13H26N2O. The number of carbonyl (C=O) groups is 1. The van der Waals surface area contributed by atoms with Gasteiger partial charge in [0.25, 0.3) is 0 Å². The minimum absolute atomic E-state index is 0.00378. The molecule has 0 spiro atoms. The van der Waals surface area contributed by atoms with E-state index in [0.29, 0.717) is 11.8 Å². The van der Waals surface area contributed by atoms with Crippen molar-refractivity contribution in [1.82, 2.24) is 10.2 Å². The summed E-state index contributed by atoms with van der Waals surface area (Å²) in [5.74, 6) is 1.47. The summed E-state index contributed by atoms with van der Waals surface area (Å²) in [4.78, 5) is 14.1. The minimum atomic E-state index is -0.00378. The molecule has 3 unspecified atom stereocenters. The fourth-order valence-electron chi connectivity index (χ4n) is 2.10. The summed E-state index contributed by atoms with van der Waals surface area (Å²) in [6.45, 7) is 11.7. The first-order chi connectivity index (χ1) is 7.47. The van der Waals surface area contributed by atoms with Gasteiger partial charge in [0.2, 0.25) is 5.91 Å². The zero-order chi connectivity index (χ0) is 12.3. The van der Waals surface area contributed by atoms with Gasteiger partial charge in [-0.1, -0.05) is 34.1 Å². The first-order valence-electron chi connectivity index (χ1n) is 6.53. The van der Waals surface area contributed by atoms with E-state index in [0.717, 1.165) is 19.4 Å². The summed E-state index contributed by atoms with van der Waals surface area (Å²) < 4.78 is 0. The molecule has 0 bridgehead atoms. The summed E-state index contributed by atoms with van der Waals surface area (Å²) in [5, 5.41) is 3.38. The molecule has 1 heterocycles. The Balaban J connectivity index is 2.63. The van der Waals surface area contributed by atoms with Gasteiger partial charge in [0.05, 0.1) is 12.2 Å². The average molecular weight is 226 g/mol. The Labute approximate surface area is 99.6 Å². The van der Waals surface area contributed by atoms with Crippen molar-refractivity contribution in [2.24, 2.45) is 11.8 Å². The van der Waals surface area contributed by atoms with E-state index in [9.17, 15) is 4.79 Å². The van der Waals surface area contributed by atoms with Gasteiger partial charge in [-0.2, -0.15) is 0 Å². The van der Waals surface area contributed by atoms with E-state index in [2.05, 4.69) is 33.0 Å². The van der Waals surface area contributed by atoms with Crippen LogP contribution in [-0.4, -0.2) is 29.6 Å². The topological polar surface area (TPSA) is 32.3 Å². The number of nitrogens with zero attached hydrogens (tertiary/aromatic N) is 1. The predicted molar refractivity (Wildman–Crippen MR) is 67.0 cm³/mol. The Kier molecular flexibility index (Phi) is 4.78. The third-order valence-electron chi connectivity index (χ3n) is 3.66. The molecule has 3 nitrogen and oxygen atoms in total. The van der Waals surface area contributed by atoms with Crippen molar-refractivity contribution in [2.75, 3.05) is 6.54 Å². The molecule has 0 aromatic heterocycles. The van der Waals surface area contributed by atoms with Gasteiger partial charge in [0.15, 0.2) is 0 Å². The molecular weight excluding hydrogens is 200 g/mol. The van der Waals surface area contributed by atoms with Crippen LogP contribution in [0.5, 0.6) is 0 Å². The van der Waals surface area contributed by atoms with Crippen LogP contribution in [0.15, 0.2) is 0 Å². The third kappa shape index (κ3) is 2.97. The van der Waals surface area contributed by atoms with Crippen LogP contribution in [0, 0.1) is 11.8 Å². The third-order valence-corrected chi connectivity index (χ3v) is 3.66. The van der Waals surface area contributed by atoms with Gasteiger partial charge in [0, 0.05) is 6.54 Å². The summed E-state index contributed by atoms with van der Waals surface area (Å²) in [7, 11) is 0. The van der Waals surface area contributed by atoms with Gasteiger partial charge in [-0.05, 0) is 25.2 Å². The molecule has 94 valence electrons. The van der Waals surface area contributed by atoms with Crippen molar-refractivity contribution in [1.29, 1.82) is 0 Å². The molecule has 1 aliphatic heterocycles. The number of hydrogen-bond acceptors (Lipinski definition) is 2. The Morgan fingerprint density at radius 3 is 2.50 bits per heavy atom. The van der Waals surface area contributed by atoms with Crippen LogP contribution in [-0.2, 0) is 4.79 Å². The van der Waals surface area contributed by atoms with Gasteiger partial charge in [0.1, 0.15) is 0 Å². The highest BCUT2D eigenvalue weighted by Crippen LogP contribution is 2.19. The van der Waals surface area contributed by atoms with Gasteiger partial charge < -0.3 is 4.90 Å².